The Morgan fingerprint density at radius 2 is 1.88 bits per heavy atom. The first-order valence-electron chi connectivity index (χ1n) is 4.91. The van der Waals surface area contributed by atoms with Crippen LogP contribution in [0.4, 0.5) is 5.69 Å². The van der Waals surface area contributed by atoms with Gasteiger partial charge in [-0.05, 0) is 31.2 Å². The number of hydrogen-bond acceptors (Lipinski definition) is 3. The van der Waals surface area contributed by atoms with E-state index in [4.69, 9.17) is 10.8 Å². The number of carboxylic acid groups (broad SMARTS) is 1. The third-order valence-electron chi connectivity index (χ3n) is 2.15. The first-order chi connectivity index (χ1) is 7.54. The van der Waals surface area contributed by atoms with E-state index in [0.717, 1.165) is 0 Å². The molecule has 0 bridgehead atoms. The van der Waals surface area contributed by atoms with Gasteiger partial charge in [0.15, 0.2) is 0 Å². The number of amides is 1. The molecule has 0 heterocycles. The molecule has 0 saturated heterocycles. The highest BCUT2D eigenvalue weighted by Crippen LogP contribution is 2.08. The molecule has 1 aromatic carbocycles. The van der Waals surface area contributed by atoms with Crippen LogP contribution in [0.5, 0.6) is 0 Å². The lowest BCUT2D eigenvalue weighted by Gasteiger charge is -2.18. The summed E-state index contributed by atoms with van der Waals surface area (Å²) in [4.78, 5) is 23.6. The number of carbonyl (C=O) groups excluding carboxylic acids is 1. The monoisotopic (exact) mass is 222 g/mol. The van der Waals surface area contributed by atoms with E-state index in [0.29, 0.717) is 17.8 Å². The highest BCUT2D eigenvalue weighted by molar-refractivity contribution is 5.96. The summed E-state index contributed by atoms with van der Waals surface area (Å²) in [6, 6.07) is 6.40. The molecule has 0 aromatic heterocycles. The number of nitrogens with two attached hydrogens (primary N) is 1. The summed E-state index contributed by atoms with van der Waals surface area (Å²) in [5.74, 6) is -1.32. The molecular weight excluding hydrogens is 208 g/mol. The Morgan fingerprint density at radius 3 is 2.31 bits per heavy atom. The predicted octanol–water partition coefficient (Wildman–Crippen LogP) is 0.815. The second-order valence-corrected chi connectivity index (χ2v) is 3.34. The van der Waals surface area contributed by atoms with E-state index in [-0.39, 0.29) is 12.5 Å². The van der Waals surface area contributed by atoms with Gasteiger partial charge in [-0.3, -0.25) is 9.59 Å². The van der Waals surface area contributed by atoms with Gasteiger partial charge in [0.05, 0.1) is 0 Å². The Hall–Kier alpha value is -2.04. The molecule has 3 N–H and O–H groups in total. The number of hydrogen-bond donors (Lipinski definition) is 2. The number of carbonyl (C=O) groups is 2. The number of likely N-dealkylation sites (N-methyl/N-ethyl adjacent to an activating group) is 1. The lowest BCUT2D eigenvalue weighted by molar-refractivity contribution is -0.137. The molecule has 0 aliphatic carbocycles. The molecule has 0 spiro atoms. The van der Waals surface area contributed by atoms with Crippen LogP contribution < -0.4 is 5.73 Å². The minimum Gasteiger partial charge on any atom is -0.480 e. The number of nitrogen functional groups attached to an aromatic ring is 1. The SMILES string of the molecule is CCN(CC(=O)O)C(=O)c1ccc(N)cc1. The van der Waals surface area contributed by atoms with Crippen LogP contribution in [0.3, 0.4) is 0 Å². The molecule has 5 heteroatoms. The van der Waals surface area contributed by atoms with Crippen molar-refractivity contribution >= 4 is 17.6 Å². The van der Waals surface area contributed by atoms with Crippen LogP contribution in [0.15, 0.2) is 24.3 Å². The zero-order chi connectivity index (χ0) is 12.1. The van der Waals surface area contributed by atoms with E-state index in [2.05, 4.69) is 0 Å². The maximum absolute atomic E-state index is 11.8. The topological polar surface area (TPSA) is 83.6 Å². The van der Waals surface area contributed by atoms with Gasteiger partial charge >= 0.3 is 5.97 Å². The number of nitrogens with zero attached hydrogens (tertiary/aromatic N) is 1. The zero-order valence-corrected chi connectivity index (χ0v) is 9.01. The van der Waals surface area contributed by atoms with Gasteiger partial charge in [0.1, 0.15) is 6.54 Å². The molecule has 0 aliphatic heterocycles. The van der Waals surface area contributed by atoms with E-state index in [9.17, 15) is 9.59 Å². The Labute approximate surface area is 93.5 Å². The van der Waals surface area contributed by atoms with Crippen molar-refractivity contribution < 1.29 is 14.7 Å². The smallest absolute Gasteiger partial charge is 0.323 e. The van der Waals surface area contributed by atoms with Gasteiger partial charge in [0, 0.05) is 17.8 Å². The van der Waals surface area contributed by atoms with Gasteiger partial charge < -0.3 is 15.7 Å². The third kappa shape index (κ3) is 2.98. The minimum atomic E-state index is -1.02. The summed E-state index contributed by atoms with van der Waals surface area (Å²) < 4.78 is 0. The highest BCUT2D eigenvalue weighted by Gasteiger charge is 2.16. The fourth-order valence-corrected chi connectivity index (χ4v) is 1.30. The van der Waals surface area contributed by atoms with Gasteiger partial charge in [-0.2, -0.15) is 0 Å². The first-order valence-corrected chi connectivity index (χ1v) is 4.91. The highest BCUT2D eigenvalue weighted by atomic mass is 16.4. The van der Waals surface area contributed by atoms with E-state index in [1.165, 1.54) is 4.90 Å². The van der Waals surface area contributed by atoms with Gasteiger partial charge in [0.25, 0.3) is 5.91 Å². The lowest BCUT2D eigenvalue weighted by Crippen LogP contribution is -2.35. The Balaban J connectivity index is 2.82. The van der Waals surface area contributed by atoms with Crippen LogP contribution in [0, 0.1) is 0 Å². The summed E-state index contributed by atoms with van der Waals surface area (Å²) in [6.45, 7) is 1.80. The zero-order valence-electron chi connectivity index (χ0n) is 9.01. The minimum absolute atomic E-state index is 0.292. The van der Waals surface area contributed by atoms with Crippen LogP contribution >= 0.6 is 0 Å². The van der Waals surface area contributed by atoms with E-state index < -0.39 is 5.97 Å². The van der Waals surface area contributed by atoms with Gasteiger partial charge in [-0.15, -0.1) is 0 Å². The second-order valence-electron chi connectivity index (χ2n) is 3.34. The number of carboxylic acids is 1. The maximum atomic E-state index is 11.8. The molecule has 1 amide bonds. The molecule has 0 fully saturated rings. The van der Waals surface area contributed by atoms with Crippen molar-refractivity contribution in [2.24, 2.45) is 0 Å². The standard InChI is InChI=1S/C11H14N2O3/c1-2-13(7-10(14)15)11(16)8-3-5-9(12)6-4-8/h3-6H,2,7,12H2,1H3,(H,14,15). The lowest BCUT2D eigenvalue weighted by atomic mass is 10.2. The number of aliphatic carboxylic acids is 1. The van der Waals surface area contributed by atoms with Gasteiger partial charge in [-0.1, -0.05) is 0 Å². The molecule has 0 unspecified atom stereocenters. The predicted molar refractivity (Wildman–Crippen MR) is 60.1 cm³/mol. The number of anilines is 1. The van der Waals surface area contributed by atoms with Crippen LogP contribution in [0.1, 0.15) is 17.3 Å². The van der Waals surface area contributed by atoms with E-state index in [1.807, 2.05) is 0 Å². The van der Waals surface area contributed by atoms with Gasteiger partial charge in [-0.25, -0.2) is 0 Å². The number of benzene rings is 1. The quantitative estimate of drug-likeness (QED) is 0.738. The Morgan fingerprint density at radius 1 is 1.31 bits per heavy atom. The van der Waals surface area contributed by atoms with Gasteiger partial charge in [0.2, 0.25) is 0 Å². The molecule has 1 aromatic rings. The van der Waals surface area contributed by atoms with Crippen LogP contribution in [0.25, 0.3) is 0 Å². The molecule has 0 atom stereocenters. The normalized spacial score (nSPS) is 9.81. The largest absolute Gasteiger partial charge is 0.480 e. The molecule has 16 heavy (non-hydrogen) atoms. The molecule has 0 aliphatic rings. The van der Waals surface area contributed by atoms with Crippen LogP contribution in [0.2, 0.25) is 0 Å². The Kier molecular flexibility index (Phi) is 3.88. The van der Waals surface area contributed by atoms with Crippen molar-refractivity contribution in [1.29, 1.82) is 0 Å². The van der Waals surface area contributed by atoms with Crippen molar-refractivity contribution in [1.82, 2.24) is 4.90 Å². The molecule has 1 rings (SSSR count). The van der Waals surface area contributed by atoms with E-state index in [1.54, 1.807) is 31.2 Å². The van der Waals surface area contributed by atoms with Crippen molar-refractivity contribution in [3.8, 4) is 0 Å². The molecule has 0 saturated carbocycles. The molecule has 86 valence electrons. The van der Waals surface area contributed by atoms with Crippen molar-refractivity contribution in [2.75, 3.05) is 18.8 Å². The average molecular weight is 222 g/mol. The van der Waals surface area contributed by atoms with Crippen LogP contribution in [-0.2, 0) is 4.79 Å². The van der Waals surface area contributed by atoms with Crippen LogP contribution in [-0.4, -0.2) is 35.0 Å². The summed E-state index contributed by atoms with van der Waals surface area (Å²) >= 11 is 0. The first kappa shape index (κ1) is 12.0. The number of rotatable bonds is 4. The molecule has 0 radical (unpaired) electrons. The fourth-order valence-electron chi connectivity index (χ4n) is 1.30. The average Bonchev–Trinajstić information content (AvgIpc) is 2.25. The van der Waals surface area contributed by atoms with Crippen molar-refractivity contribution in [2.45, 2.75) is 6.92 Å². The molecular formula is C11H14N2O3. The molecule has 5 nitrogen and oxygen atoms in total. The van der Waals surface area contributed by atoms with Crippen molar-refractivity contribution in [3.63, 3.8) is 0 Å². The summed E-state index contributed by atoms with van der Waals surface area (Å²) in [7, 11) is 0. The summed E-state index contributed by atoms with van der Waals surface area (Å²) in [5, 5.41) is 8.64. The fraction of sp³-hybridized carbons (Fsp3) is 0.273. The summed E-state index contributed by atoms with van der Waals surface area (Å²) in [6.07, 6.45) is 0. The van der Waals surface area contributed by atoms with E-state index >= 15 is 0 Å². The summed E-state index contributed by atoms with van der Waals surface area (Å²) in [5.41, 5.74) is 6.51. The Bertz CT molecular complexity index is 387. The maximum Gasteiger partial charge on any atom is 0.323 e. The third-order valence-corrected chi connectivity index (χ3v) is 2.15. The van der Waals surface area contributed by atoms with Crippen molar-refractivity contribution in [3.05, 3.63) is 29.8 Å². The second kappa shape index (κ2) is 5.16.